The van der Waals surface area contributed by atoms with Crippen molar-refractivity contribution in [1.29, 1.82) is 0 Å². The monoisotopic (exact) mass is 432 g/mol. The van der Waals surface area contributed by atoms with Crippen LogP contribution in [0.2, 0.25) is 0 Å². The van der Waals surface area contributed by atoms with E-state index in [1.54, 1.807) is 17.4 Å². The standard InChI is InChI=1S/C25H24N2O3S/c1-2-17-7-10-20(11-8-17)30-22-6-4-3-5-21(22)27-24(28)16-26-25(29)19-9-12-23-18(15-19)13-14-31-23/h3-15,24,27-28H,2,16H2,1H3,(H,26,29). The highest BCUT2D eigenvalue weighted by Gasteiger charge is 2.12. The lowest BCUT2D eigenvalue weighted by molar-refractivity contribution is 0.0927. The molecule has 0 aliphatic carbocycles. The van der Waals surface area contributed by atoms with Crippen LogP contribution in [-0.4, -0.2) is 23.8 Å². The summed E-state index contributed by atoms with van der Waals surface area (Å²) in [5, 5.41) is 19.2. The minimum Gasteiger partial charge on any atom is -0.455 e. The van der Waals surface area contributed by atoms with Crippen molar-refractivity contribution in [3.05, 3.63) is 89.3 Å². The largest absolute Gasteiger partial charge is 0.455 e. The summed E-state index contributed by atoms with van der Waals surface area (Å²) in [5.74, 6) is 1.09. The van der Waals surface area contributed by atoms with Gasteiger partial charge in [-0.15, -0.1) is 11.3 Å². The van der Waals surface area contributed by atoms with Gasteiger partial charge in [0.25, 0.3) is 5.91 Å². The number of carbonyl (C=O) groups is 1. The third-order valence-electron chi connectivity index (χ3n) is 4.94. The summed E-state index contributed by atoms with van der Waals surface area (Å²) >= 11 is 1.64. The zero-order valence-electron chi connectivity index (χ0n) is 17.2. The number of hydrogen-bond acceptors (Lipinski definition) is 5. The quantitative estimate of drug-likeness (QED) is 0.325. The Labute approximate surface area is 185 Å². The molecule has 1 unspecified atom stereocenters. The lowest BCUT2D eigenvalue weighted by Crippen LogP contribution is -2.36. The molecule has 0 fully saturated rings. The Balaban J connectivity index is 1.36. The maximum absolute atomic E-state index is 12.5. The zero-order valence-corrected chi connectivity index (χ0v) is 18.0. The van der Waals surface area contributed by atoms with E-state index in [1.165, 1.54) is 5.56 Å². The molecule has 1 amide bonds. The highest BCUT2D eigenvalue weighted by molar-refractivity contribution is 7.17. The number of anilines is 1. The Morgan fingerprint density at radius 3 is 2.68 bits per heavy atom. The smallest absolute Gasteiger partial charge is 0.251 e. The van der Waals surface area contributed by atoms with Gasteiger partial charge in [0.15, 0.2) is 5.75 Å². The molecule has 0 spiro atoms. The van der Waals surface area contributed by atoms with Crippen LogP contribution in [0.15, 0.2) is 78.2 Å². The summed E-state index contributed by atoms with van der Waals surface area (Å²) in [6.07, 6.45) is -0.00156. The first-order valence-electron chi connectivity index (χ1n) is 10.2. The molecule has 3 N–H and O–H groups in total. The van der Waals surface area contributed by atoms with E-state index in [0.717, 1.165) is 22.3 Å². The number of thiophene rings is 1. The highest BCUT2D eigenvalue weighted by Crippen LogP contribution is 2.29. The van der Waals surface area contributed by atoms with Crippen LogP contribution < -0.4 is 15.4 Å². The van der Waals surface area contributed by atoms with E-state index in [-0.39, 0.29) is 12.5 Å². The lowest BCUT2D eigenvalue weighted by Gasteiger charge is -2.18. The van der Waals surface area contributed by atoms with Crippen molar-refractivity contribution >= 4 is 33.0 Å². The average molecular weight is 433 g/mol. The number of rotatable bonds is 8. The summed E-state index contributed by atoms with van der Waals surface area (Å²) in [4.78, 5) is 12.5. The molecule has 0 radical (unpaired) electrons. The molecule has 4 aromatic rings. The van der Waals surface area contributed by atoms with Gasteiger partial charge in [-0.2, -0.15) is 0 Å². The van der Waals surface area contributed by atoms with Crippen LogP contribution in [0.25, 0.3) is 10.1 Å². The second-order valence-electron chi connectivity index (χ2n) is 7.14. The van der Waals surface area contributed by atoms with Crippen LogP contribution in [0.4, 0.5) is 5.69 Å². The number of nitrogens with one attached hydrogen (secondary N) is 2. The van der Waals surface area contributed by atoms with Crippen molar-refractivity contribution in [3.63, 3.8) is 0 Å². The van der Waals surface area contributed by atoms with E-state index in [1.807, 2.05) is 72.1 Å². The molecule has 1 aromatic heterocycles. The summed E-state index contributed by atoms with van der Waals surface area (Å²) in [6.45, 7) is 2.16. The summed E-state index contributed by atoms with van der Waals surface area (Å²) in [6, 6.07) is 22.9. The molecule has 4 rings (SSSR count). The van der Waals surface area contributed by atoms with Crippen molar-refractivity contribution in [2.24, 2.45) is 0 Å². The van der Waals surface area contributed by atoms with Gasteiger partial charge >= 0.3 is 0 Å². The van der Waals surface area contributed by atoms with Gasteiger partial charge in [-0.25, -0.2) is 0 Å². The number of carbonyl (C=O) groups excluding carboxylic acids is 1. The summed E-state index contributed by atoms with van der Waals surface area (Å²) in [7, 11) is 0. The Morgan fingerprint density at radius 2 is 1.87 bits per heavy atom. The van der Waals surface area contributed by atoms with Gasteiger partial charge in [-0.05, 0) is 71.3 Å². The molecular formula is C25H24N2O3S. The van der Waals surface area contributed by atoms with Crippen LogP contribution in [-0.2, 0) is 6.42 Å². The highest BCUT2D eigenvalue weighted by atomic mass is 32.1. The van der Waals surface area contributed by atoms with Gasteiger partial charge < -0.3 is 20.5 Å². The van der Waals surface area contributed by atoms with E-state index in [0.29, 0.717) is 17.0 Å². The first-order chi connectivity index (χ1) is 15.1. The van der Waals surface area contributed by atoms with Crippen molar-refractivity contribution in [1.82, 2.24) is 5.32 Å². The molecule has 0 aliphatic rings. The predicted molar refractivity (Wildman–Crippen MR) is 126 cm³/mol. The first kappa shape index (κ1) is 20.9. The number of amides is 1. The van der Waals surface area contributed by atoms with Crippen molar-refractivity contribution in [2.75, 3.05) is 11.9 Å². The lowest BCUT2D eigenvalue weighted by atomic mass is 10.1. The molecule has 0 saturated carbocycles. The third-order valence-corrected chi connectivity index (χ3v) is 5.84. The minimum absolute atomic E-state index is 0.0556. The van der Waals surface area contributed by atoms with Gasteiger partial charge in [0.05, 0.1) is 12.2 Å². The summed E-state index contributed by atoms with van der Waals surface area (Å²) < 4.78 is 7.12. The molecule has 3 aromatic carbocycles. The molecule has 0 bridgehead atoms. The fourth-order valence-corrected chi connectivity index (χ4v) is 4.00. The number of aliphatic hydroxyl groups is 1. The number of aliphatic hydroxyl groups excluding tert-OH is 1. The van der Waals surface area contributed by atoms with E-state index in [9.17, 15) is 9.90 Å². The second kappa shape index (κ2) is 9.64. The van der Waals surface area contributed by atoms with Crippen LogP contribution in [0, 0.1) is 0 Å². The fourth-order valence-electron chi connectivity index (χ4n) is 3.22. The molecule has 0 saturated heterocycles. The maximum Gasteiger partial charge on any atom is 0.251 e. The van der Waals surface area contributed by atoms with E-state index < -0.39 is 6.23 Å². The normalized spacial score (nSPS) is 11.8. The van der Waals surface area contributed by atoms with Crippen LogP contribution >= 0.6 is 11.3 Å². The summed E-state index contributed by atoms with van der Waals surface area (Å²) in [5.41, 5.74) is 2.45. The molecular weight excluding hydrogens is 408 g/mol. The number of aryl methyl sites for hydroxylation is 1. The van der Waals surface area contributed by atoms with Crippen LogP contribution in [0.5, 0.6) is 11.5 Å². The maximum atomic E-state index is 12.5. The number of fused-ring (bicyclic) bond motifs is 1. The topological polar surface area (TPSA) is 70.6 Å². The van der Waals surface area contributed by atoms with Crippen molar-refractivity contribution in [3.8, 4) is 11.5 Å². The van der Waals surface area contributed by atoms with Gasteiger partial charge in [-0.1, -0.05) is 31.2 Å². The Bertz CT molecular complexity index is 1170. The molecule has 6 heteroatoms. The zero-order chi connectivity index (χ0) is 21.6. The fraction of sp³-hybridized carbons (Fsp3) is 0.160. The number of ether oxygens (including phenoxy) is 1. The first-order valence-corrected chi connectivity index (χ1v) is 11.1. The van der Waals surface area contributed by atoms with E-state index in [4.69, 9.17) is 4.74 Å². The third kappa shape index (κ3) is 5.23. The SMILES string of the molecule is CCc1ccc(Oc2ccccc2NC(O)CNC(=O)c2ccc3sccc3c2)cc1. The van der Waals surface area contributed by atoms with E-state index in [2.05, 4.69) is 17.6 Å². The molecule has 1 atom stereocenters. The van der Waals surface area contributed by atoms with Gasteiger partial charge in [0, 0.05) is 10.3 Å². The van der Waals surface area contributed by atoms with Crippen molar-refractivity contribution < 1.29 is 14.6 Å². The van der Waals surface area contributed by atoms with Crippen molar-refractivity contribution in [2.45, 2.75) is 19.6 Å². The second-order valence-corrected chi connectivity index (χ2v) is 8.09. The average Bonchev–Trinajstić information content (AvgIpc) is 3.27. The number of hydrogen-bond donors (Lipinski definition) is 3. The minimum atomic E-state index is -0.971. The van der Waals surface area contributed by atoms with Gasteiger partial charge in [0.2, 0.25) is 0 Å². The molecule has 5 nitrogen and oxygen atoms in total. The number of benzene rings is 3. The van der Waals surface area contributed by atoms with Gasteiger partial charge in [-0.3, -0.25) is 4.79 Å². The van der Waals surface area contributed by atoms with E-state index >= 15 is 0 Å². The molecule has 31 heavy (non-hydrogen) atoms. The van der Waals surface area contributed by atoms with Crippen LogP contribution in [0.3, 0.4) is 0 Å². The Kier molecular flexibility index (Phi) is 6.50. The molecule has 1 heterocycles. The molecule has 0 aliphatic heterocycles. The molecule has 158 valence electrons. The van der Waals surface area contributed by atoms with Crippen LogP contribution in [0.1, 0.15) is 22.8 Å². The predicted octanol–water partition coefficient (Wildman–Crippen LogP) is 5.42. The Morgan fingerprint density at radius 1 is 1.06 bits per heavy atom. The van der Waals surface area contributed by atoms with Gasteiger partial charge in [0.1, 0.15) is 12.0 Å². The number of para-hydroxylation sites is 2. The Hall–Kier alpha value is -3.35.